The lowest BCUT2D eigenvalue weighted by Gasteiger charge is -2.27. The minimum Gasteiger partial charge on any atom is -0.386 e. The van der Waals surface area contributed by atoms with Crippen LogP contribution in [0.15, 0.2) is 24.3 Å². The number of hydrogen-bond donors (Lipinski definition) is 1. The van der Waals surface area contributed by atoms with Crippen LogP contribution in [0.5, 0.6) is 0 Å². The van der Waals surface area contributed by atoms with Gasteiger partial charge in [-0.05, 0) is 12.1 Å². The van der Waals surface area contributed by atoms with Crippen LogP contribution >= 0.6 is 0 Å². The molecular weight excluding hydrogens is 352 g/mol. The van der Waals surface area contributed by atoms with Crippen molar-refractivity contribution in [3.63, 3.8) is 0 Å². The third kappa shape index (κ3) is 4.42. The second kappa shape index (κ2) is 6.81. The Morgan fingerprint density at radius 1 is 1.28 bits per heavy atom. The summed E-state index contributed by atoms with van der Waals surface area (Å²) < 4.78 is 51.1. The van der Waals surface area contributed by atoms with Crippen molar-refractivity contribution in [2.24, 2.45) is 0 Å². The number of aliphatic hydroxyl groups is 1. The molecule has 6 nitrogen and oxygen atoms in total. The highest BCUT2D eigenvalue weighted by Gasteiger charge is 2.23. The number of benzene rings is 1. The smallest absolute Gasteiger partial charge is 0.150 e. The highest BCUT2D eigenvalue weighted by atomic mass is 32.2. The van der Waals surface area contributed by atoms with E-state index in [1.165, 1.54) is 12.1 Å². The van der Waals surface area contributed by atoms with Gasteiger partial charge in [-0.1, -0.05) is 6.07 Å². The molecule has 9 heteroatoms. The molecule has 1 aliphatic rings. The molecule has 1 aromatic heterocycles. The summed E-state index contributed by atoms with van der Waals surface area (Å²) in [7, 11) is -3.31. The third-order valence-corrected chi connectivity index (χ3v) is 5.03. The van der Waals surface area contributed by atoms with Gasteiger partial charge in [-0.3, -0.25) is 9.58 Å². The van der Waals surface area contributed by atoms with E-state index < -0.39 is 27.6 Å². The molecule has 2 aromatic rings. The van der Waals surface area contributed by atoms with Gasteiger partial charge in [-0.15, -0.1) is 0 Å². The molecular formula is C16H19F2N3O3S. The molecule has 0 fully saturated rings. The molecule has 0 aliphatic carbocycles. The van der Waals surface area contributed by atoms with Crippen LogP contribution in [0.3, 0.4) is 0 Å². The highest BCUT2D eigenvalue weighted by molar-refractivity contribution is 7.90. The molecule has 0 saturated heterocycles. The fourth-order valence-corrected chi connectivity index (χ4v) is 3.65. The number of halogens is 2. The molecule has 2 heterocycles. The average molecular weight is 371 g/mol. The Morgan fingerprint density at radius 3 is 2.72 bits per heavy atom. The monoisotopic (exact) mass is 371 g/mol. The molecule has 25 heavy (non-hydrogen) atoms. The normalized spacial score (nSPS) is 16.6. The minimum atomic E-state index is -3.31. The Morgan fingerprint density at radius 2 is 2.04 bits per heavy atom. The van der Waals surface area contributed by atoms with Crippen LogP contribution in [-0.2, 0) is 29.5 Å². The highest BCUT2D eigenvalue weighted by Crippen LogP contribution is 2.21. The lowest BCUT2D eigenvalue weighted by atomic mass is 10.1. The van der Waals surface area contributed by atoms with Gasteiger partial charge in [0.25, 0.3) is 0 Å². The van der Waals surface area contributed by atoms with Crippen LogP contribution < -0.4 is 0 Å². The van der Waals surface area contributed by atoms with Gasteiger partial charge >= 0.3 is 0 Å². The second-order valence-corrected chi connectivity index (χ2v) is 8.52. The molecule has 0 saturated carbocycles. The number of sulfone groups is 1. The zero-order valence-electron chi connectivity index (χ0n) is 13.7. The van der Waals surface area contributed by atoms with Crippen LogP contribution in [0.2, 0.25) is 0 Å². The molecule has 0 spiro atoms. The molecule has 1 aromatic carbocycles. The van der Waals surface area contributed by atoms with Crippen molar-refractivity contribution in [1.29, 1.82) is 0 Å². The van der Waals surface area contributed by atoms with Crippen LogP contribution in [0.1, 0.15) is 23.1 Å². The molecule has 0 bridgehead atoms. The Hall–Kier alpha value is -1.84. The maximum atomic E-state index is 13.8. The van der Waals surface area contributed by atoms with Gasteiger partial charge < -0.3 is 5.11 Å². The molecule has 1 N–H and O–H groups in total. The van der Waals surface area contributed by atoms with E-state index in [0.717, 1.165) is 18.0 Å². The van der Waals surface area contributed by atoms with Gasteiger partial charge in [-0.2, -0.15) is 5.10 Å². The minimum absolute atomic E-state index is 0.315. The number of aliphatic hydroxyl groups excluding tert-OH is 1. The summed E-state index contributed by atoms with van der Waals surface area (Å²) >= 11 is 0. The Balaban J connectivity index is 1.71. The summed E-state index contributed by atoms with van der Waals surface area (Å²) in [6, 6.07) is 5.19. The topological polar surface area (TPSA) is 75.4 Å². The van der Waals surface area contributed by atoms with E-state index in [9.17, 15) is 22.3 Å². The molecule has 1 aliphatic heterocycles. The predicted molar refractivity (Wildman–Crippen MR) is 87.4 cm³/mol. The zero-order chi connectivity index (χ0) is 18.2. The summed E-state index contributed by atoms with van der Waals surface area (Å²) in [5.74, 6) is -1.57. The number of rotatable bonds is 5. The molecule has 1 atom stereocenters. The van der Waals surface area contributed by atoms with Crippen molar-refractivity contribution < 1.29 is 22.3 Å². The van der Waals surface area contributed by atoms with Crippen molar-refractivity contribution in [1.82, 2.24) is 14.7 Å². The predicted octanol–water partition coefficient (Wildman–Crippen LogP) is 1.26. The van der Waals surface area contributed by atoms with Crippen LogP contribution in [0, 0.1) is 11.6 Å². The summed E-state index contributed by atoms with van der Waals surface area (Å²) in [6.07, 6.45) is -0.110. The van der Waals surface area contributed by atoms with Gasteiger partial charge in [0.2, 0.25) is 0 Å². The van der Waals surface area contributed by atoms with Gasteiger partial charge in [0.1, 0.15) is 27.6 Å². The Bertz CT molecular complexity index is 883. The average Bonchev–Trinajstić information content (AvgIpc) is 2.92. The third-order valence-electron chi connectivity index (χ3n) is 4.11. The first-order valence-corrected chi connectivity index (χ1v) is 9.86. The van der Waals surface area contributed by atoms with E-state index in [2.05, 4.69) is 5.10 Å². The molecule has 0 radical (unpaired) electrons. The number of fused-ring (bicyclic) bond motifs is 1. The van der Waals surface area contributed by atoms with Crippen molar-refractivity contribution in [3.8, 4) is 0 Å². The van der Waals surface area contributed by atoms with E-state index in [4.69, 9.17) is 0 Å². The Kier molecular flexibility index (Phi) is 4.90. The van der Waals surface area contributed by atoms with Gasteiger partial charge in [0.15, 0.2) is 0 Å². The second-order valence-electron chi connectivity index (χ2n) is 6.34. The zero-order valence-corrected chi connectivity index (χ0v) is 14.5. The van der Waals surface area contributed by atoms with Crippen LogP contribution in [0.4, 0.5) is 8.78 Å². The van der Waals surface area contributed by atoms with E-state index in [1.54, 1.807) is 10.7 Å². The first-order chi connectivity index (χ1) is 11.7. The first-order valence-electron chi connectivity index (χ1n) is 7.80. The summed E-state index contributed by atoms with van der Waals surface area (Å²) in [5.41, 5.74) is 1.54. The largest absolute Gasteiger partial charge is 0.386 e. The molecule has 136 valence electrons. The first kappa shape index (κ1) is 18.0. The fourth-order valence-electron chi connectivity index (χ4n) is 2.90. The van der Waals surface area contributed by atoms with Gasteiger partial charge in [-0.25, -0.2) is 17.2 Å². The van der Waals surface area contributed by atoms with E-state index >= 15 is 0 Å². The van der Waals surface area contributed by atoms with Crippen molar-refractivity contribution in [2.45, 2.75) is 25.7 Å². The fraction of sp³-hybridized carbons (Fsp3) is 0.438. The van der Waals surface area contributed by atoms with Crippen LogP contribution in [0.25, 0.3) is 0 Å². The summed E-state index contributed by atoms with van der Waals surface area (Å²) in [4.78, 5) is 1.99. The number of aromatic nitrogens is 2. The van der Waals surface area contributed by atoms with Crippen molar-refractivity contribution in [3.05, 3.63) is 52.9 Å². The van der Waals surface area contributed by atoms with E-state index in [0.29, 0.717) is 37.4 Å². The number of hydrogen-bond acceptors (Lipinski definition) is 5. The molecule has 0 unspecified atom stereocenters. The van der Waals surface area contributed by atoms with E-state index in [-0.39, 0.29) is 5.75 Å². The summed E-state index contributed by atoms with van der Waals surface area (Å²) in [6.45, 7) is 1.98. The standard InChI is InChI=1S/C16H19F2N3O3S/c1-25(23,24)10-16(22)15-7-13-9-20(4-5-21(13)19-15)8-11-2-3-12(17)6-14(11)18/h2-3,6-7,16,22H,4-5,8-10H2,1H3/t16-/m0/s1. The Labute approximate surface area is 144 Å². The van der Waals surface area contributed by atoms with Crippen molar-refractivity contribution in [2.75, 3.05) is 18.6 Å². The number of nitrogens with zero attached hydrogens (tertiary/aromatic N) is 3. The quantitative estimate of drug-likeness (QED) is 0.856. The maximum absolute atomic E-state index is 13.8. The van der Waals surface area contributed by atoms with Crippen molar-refractivity contribution >= 4 is 9.84 Å². The lowest BCUT2D eigenvalue weighted by Crippen LogP contribution is -2.33. The van der Waals surface area contributed by atoms with E-state index in [1.807, 2.05) is 4.90 Å². The summed E-state index contributed by atoms with van der Waals surface area (Å²) in [5, 5.41) is 14.3. The van der Waals surface area contributed by atoms with Gasteiger partial charge in [0, 0.05) is 37.5 Å². The maximum Gasteiger partial charge on any atom is 0.150 e. The molecule has 0 amide bonds. The molecule has 3 rings (SSSR count). The SMILES string of the molecule is CS(=O)(=O)C[C@H](O)c1cc2n(n1)CCN(Cc1ccc(F)cc1F)C2. The van der Waals surface area contributed by atoms with Crippen LogP contribution in [-0.4, -0.2) is 46.8 Å². The lowest BCUT2D eigenvalue weighted by molar-refractivity contribution is 0.190. The van der Waals surface area contributed by atoms with Gasteiger partial charge in [0.05, 0.1) is 23.7 Å².